The highest BCUT2D eigenvalue weighted by Gasteiger charge is 2.35. The summed E-state index contributed by atoms with van der Waals surface area (Å²) in [5.41, 5.74) is 13.0. The molecule has 4 rings (SSSR count). The maximum Gasteiger partial charge on any atom is 0.340 e. The van der Waals surface area contributed by atoms with Crippen LogP contribution in [0.25, 0.3) is 22.4 Å². The van der Waals surface area contributed by atoms with Crippen LogP contribution in [0.2, 0.25) is 0 Å². The number of rotatable bonds is 2. The fraction of sp³-hybridized carbons (Fsp3) is 0.174. The molecule has 1 heterocycles. The predicted molar refractivity (Wildman–Crippen MR) is 109 cm³/mol. The summed E-state index contributed by atoms with van der Waals surface area (Å²) in [5.74, 6) is -0.686. The second-order valence-corrected chi connectivity index (χ2v) is 7.17. The van der Waals surface area contributed by atoms with Gasteiger partial charge in [0.05, 0.1) is 29.6 Å². The van der Waals surface area contributed by atoms with Crippen molar-refractivity contribution >= 4 is 17.4 Å². The van der Waals surface area contributed by atoms with E-state index in [-0.39, 0.29) is 5.78 Å². The summed E-state index contributed by atoms with van der Waals surface area (Å²) in [6.45, 7) is 5.73. The monoisotopic (exact) mass is 372 g/mol. The number of ether oxygens (including phenoxy) is 1. The molecule has 1 aliphatic carbocycles. The quantitative estimate of drug-likeness (QED) is 0.420. The first-order valence-electron chi connectivity index (χ1n) is 8.98. The van der Waals surface area contributed by atoms with Crippen molar-refractivity contribution in [3.63, 3.8) is 0 Å². The van der Waals surface area contributed by atoms with Crippen LogP contribution in [0.5, 0.6) is 0 Å². The molecule has 0 saturated heterocycles. The number of fused-ring (bicyclic) bond motifs is 3. The first kappa shape index (κ1) is 17.9. The molecule has 2 N–H and O–H groups in total. The number of nitrogens with two attached hydrogens (primary N) is 1. The van der Waals surface area contributed by atoms with Crippen LogP contribution in [-0.2, 0) is 4.74 Å². The average molecular weight is 372 g/mol. The molecular formula is C23H20N2O3. The van der Waals surface area contributed by atoms with Gasteiger partial charge in [-0.05, 0) is 44.5 Å². The Morgan fingerprint density at radius 1 is 0.964 bits per heavy atom. The van der Waals surface area contributed by atoms with Gasteiger partial charge < -0.3 is 10.5 Å². The SMILES string of the molecule is COC(=O)c1c(C)nc2c(c1-c1cc(C)cc(C)c1)C(=O)c1cc(N)ccc1-2. The number of nitrogen functional groups attached to an aromatic ring is 1. The number of aromatic nitrogens is 1. The first-order chi connectivity index (χ1) is 13.3. The standard InChI is InChI=1S/C23H20N2O3/c1-11-7-12(2)9-14(8-11)19-18(23(27)28-4)13(3)25-21-16-6-5-15(24)10-17(16)22(26)20(19)21/h5-10H,24H2,1-4H3. The van der Waals surface area contributed by atoms with Gasteiger partial charge in [0.15, 0.2) is 5.78 Å². The van der Waals surface area contributed by atoms with E-state index in [2.05, 4.69) is 4.98 Å². The number of benzene rings is 2. The molecule has 0 amide bonds. The van der Waals surface area contributed by atoms with E-state index in [1.807, 2.05) is 38.1 Å². The molecule has 0 atom stereocenters. The number of carbonyl (C=O) groups excluding carboxylic acids is 2. The molecule has 5 nitrogen and oxygen atoms in total. The minimum atomic E-state index is -0.509. The maximum absolute atomic E-state index is 13.3. The van der Waals surface area contributed by atoms with Crippen molar-refractivity contribution in [1.82, 2.24) is 4.98 Å². The molecule has 140 valence electrons. The summed E-state index contributed by atoms with van der Waals surface area (Å²) in [4.78, 5) is 30.6. The second kappa shape index (κ2) is 6.30. The van der Waals surface area contributed by atoms with Crippen LogP contribution in [0.4, 0.5) is 5.69 Å². The largest absolute Gasteiger partial charge is 0.465 e. The van der Waals surface area contributed by atoms with Crippen LogP contribution in [0.15, 0.2) is 36.4 Å². The molecule has 0 bridgehead atoms. The third-order valence-corrected chi connectivity index (χ3v) is 5.05. The van der Waals surface area contributed by atoms with Crippen molar-refractivity contribution in [3.8, 4) is 22.4 Å². The lowest BCUT2D eigenvalue weighted by Gasteiger charge is -2.16. The minimum absolute atomic E-state index is 0.177. The van der Waals surface area contributed by atoms with Crippen LogP contribution in [0.1, 0.15) is 43.1 Å². The minimum Gasteiger partial charge on any atom is -0.465 e. The summed E-state index contributed by atoms with van der Waals surface area (Å²) < 4.78 is 5.02. The number of pyridine rings is 1. The number of methoxy groups -OCH3 is 1. The van der Waals surface area contributed by atoms with Gasteiger partial charge in [-0.3, -0.25) is 9.78 Å². The van der Waals surface area contributed by atoms with E-state index >= 15 is 0 Å². The van der Waals surface area contributed by atoms with Gasteiger partial charge in [-0.2, -0.15) is 0 Å². The van der Waals surface area contributed by atoms with E-state index in [4.69, 9.17) is 10.5 Å². The number of hydrogen-bond acceptors (Lipinski definition) is 5. The first-order valence-corrected chi connectivity index (χ1v) is 8.98. The summed E-state index contributed by atoms with van der Waals surface area (Å²) in [6.07, 6.45) is 0. The van der Waals surface area contributed by atoms with E-state index in [1.54, 1.807) is 19.1 Å². The molecule has 0 saturated carbocycles. The third-order valence-electron chi connectivity index (χ3n) is 5.05. The van der Waals surface area contributed by atoms with Gasteiger partial charge in [0, 0.05) is 22.4 Å². The molecule has 3 aromatic rings. The summed E-state index contributed by atoms with van der Waals surface area (Å²) in [5, 5.41) is 0. The molecule has 2 aromatic carbocycles. The van der Waals surface area contributed by atoms with Crippen LogP contribution in [0, 0.1) is 20.8 Å². The van der Waals surface area contributed by atoms with E-state index < -0.39 is 5.97 Å². The van der Waals surface area contributed by atoms with Gasteiger partial charge in [-0.25, -0.2) is 4.79 Å². The molecule has 0 spiro atoms. The summed E-state index contributed by atoms with van der Waals surface area (Å²) in [7, 11) is 1.33. The number of esters is 1. The number of aryl methyl sites for hydroxylation is 3. The lowest BCUT2D eigenvalue weighted by atomic mass is 9.90. The highest BCUT2D eigenvalue weighted by atomic mass is 16.5. The summed E-state index contributed by atoms with van der Waals surface area (Å²) >= 11 is 0. The zero-order chi connectivity index (χ0) is 20.2. The van der Waals surface area contributed by atoms with Gasteiger partial charge in [0.2, 0.25) is 0 Å². The molecule has 1 aromatic heterocycles. The molecule has 5 heteroatoms. The Hall–Kier alpha value is -3.47. The second-order valence-electron chi connectivity index (χ2n) is 7.17. The molecule has 0 fully saturated rings. The van der Waals surface area contributed by atoms with Crippen molar-refractivity contribution in [2.75, 3.05) is 12.8 Å². The Morgan fingerprint density at radius 3 is 2.29 bits per heavy atom. The van der Waals surface area contributed by atoms with Gasteiger partial charge >= 0.3 is 5.97 Å². The molecule has 1 aliphatic rings. The maximum atomic E-state index is 13.3. The van der Waals surface area contributed by atoms with Gasteiger partial charge in [-0.1, -0.05) is 29.3 Å². The van der Waals surface area contributed by atoms with Crippen molar-refractivity contribution in [2.45, 2.75) is 20.8 Å². The van der Waals surface area contributed by atoms with Gasteiger partial charge in [-0.15, -0.1) is 0 Å². The summed E-state index contributed by atoms with van der Waals surface area (Å²) in [6, 6.07) is 11.2. The van der Waals surface area contributed by atoms with Gasteiger partial charge in [0.25, 0.3) is 0 Å². The van der Waals surface area contributed by atoms with Crippen molar-refractivity contribution in [2.24, 2.45) is 0 Å². The van der Waals surface area contributed by atoms with Crippen LogP contribution >= 0.6 is 0 Å². The Morgan fingerprint density at radius 2 is 1.64 bits per heavy atom. The Labute approximate surface area is 163 Å². The number of carbonyl (C=O) groups is 2. The zero-order valence-corrected chi connectivity index (χ0v) is 16.2. The van der Waals surface area contributed by atoms with Gasteiger partial charge in [0.1, 0.15) is 0 Å². The third kappa shape index (κ3) is 2.59. The lowest BCUT2D eigenvalue weighted by Crippen LogP contribution is -2.12. The average Bonchev–Trinajstić information content (AvgIpc) is 2.90. The highest BCUT2D eigenvalue weighted by molar-refractivity contribution is 6.26. The van der Waals surface area contributed by atoms with Crippen LogP contribution in [-0.4, -0.2) is 23.8 Å². The molecule has 0 radical (unpaired) electrons. The lowest BCUT2D eigenvalue weighted by molar-refractivity contribution is 0.0600. The smallest absolute Gasteiger partial charge is 0.340 e. The normalized spacial score (nSPS) is 11.9. The number of hydrogen-bond donors (Lipinski definition) is 1. The Balaban J connectivity index is 2.14. The number of ketones is 1. The van der Waals surface area contributed by atoms with E-state index in [0.717, 1.165) is 22.3 Å². The zero-order valence-electron chi connectivity index (χ0n) is 16.2. The van der Waals surface area contributed by atoms with Crippen molar-refractivity contribution in [3.05, 3.63) is 69.9 Å². The molecular weight excluding hydrogens is 352 g/mol. The fourth-order valence-corrected chi connectivity index (χ4v) is 3.97. The highest BCUT2D eigenvalue weighted by Crippen LogP contribution is 2.43. The van der Waals surface area contributed by atoms with Crippen molar-refractivity contribution in [1.29, 1.82) is 0 Å². The number of anilines is 1. The molecule has 28 heavy (non-hydrogen) atoms. The Bertz CT molecular complexity index is 1160. The topological polar surface area (TPSA) is 82.3 Å². The van der Waals surface area contributed by atoms with E-state index in [9.17, 15) is 9.59 Å². The van der Waals surface area contributed by atoms with Crippen molar-refractivity contribution < 1.29 is 14.3 Å². The number of nitrogens with zero attached hydrogens (tertiary/aromatic N) is 1. The van der Waals surface area contributed by atoms with Crippen LogP contribution in [0.3, 0.4) is 0 Å². The predicted octanol–water partition coefficient (Wildman–Crippen LogP) is 4.25. The Kier molecular flexibility index (Phi) is 4.03. The molecule has 0 unspecified atom stereocenters. The molecule has 0 aliphatic heterocycles. The fourth-order valence-electron chi connectivity index (χ4n) is 3.97. The van der Waals surface area contributed by atoms with Crippen LogP contribution < -0.4 is 5.73 Å². The van der Waals surface area contributed by atoms with E-state index in [1.165, 1.54) is 7.11 Å². The van der Waals surface area contributed by atoms with E-state index in [0.29, 0.717) is 39.3 Å².